The third kappa shape index (κ3) is 6.15. The van der Waals surface area contributed by atoms with E-state index in [1.54, 1.807) is 0 Å². The molecule has 0 aliphatic heterocycles. The molecule has 2 aromatic rings. The number of hydrogen-bond donors (Lipinski definition) is 0. The summed E-state index contributed by atoms with van der Waals surface area (Å²) in [6, 6.07) is 16.0. The van der Waals surface area contributed by atoms with Crippen molar-refractivity contribution in [2.45, 2.75) is 11.8 Å². The van der Waals surface area contributed by atoms with Crippen molar-refractivity contribution in [1.82, 2.24) is 0 Å². The van der Waals surface area contributed by atoms with Gasteiger partial charge < -0.3 is 29.8 Å². The van der Waals surface area contributed by atoms with E-state index >= 15 is 0 Å². The Balaban J connectivity index is 0.000000245. The molecule has 0 spiro atoms. The Morgan fingerprint density at radius 2 is 1.47 bits per heavy atom. The van der Waals surface area contributed by atoms with Gasteiger partial charge in [0.25, 0.3) is 0 Å². The molecule has 88 valence electrons. The maximum absolute atomic E-state index is 5.47. The molecule has 0 unspecified atom stereocenters. The minimum absolute atomic E-state index is 0. The molecule has 2 aromatic carbocycles. The van der Waals surface area contributed by atoms with Gasteiger partial charge in [0, 0.05) is 25.4 Å². The summed E-state index contributed by atoms with van der Waals surface area (Å²) in [5.74, 6) is 1.26. The Morgan fingerprint density at radius 3 is 1.73 bits per heavy atom. The second-order valence-corrected chi connectivity index (χ2v) is 3.39. The first-order valence-corrected chi connectivity index (χ1v) is 5.47. The third-order valence-electron chi connectivity index (χ3n) is 1.77. The van der Waals surface area contributed by atoms with Crippen molar-refractivity contribution in [1.29, 1.82) is 0 Å². The van der Waals surface area contributed by atoms with Crippen LogP contribution in [0.25, 0.3) is 0 Å². The fourth-order valence-electron chi connectivity index (χ4n) is 1.01. The molecule has 0 fully saturated rings. The van der Waals surface area contributed by atoms with E-state index in [-0.39, 0.29) is 19.5 Å². The van der Waals surface area contributed by atoms with Gasteiger partial charge in [-0.05, 0) is 0 Å². The van der Waals surface area contributed by atoms with Gasteiger partial charge in [-0.2, -0.15) is 23.7 Å². The Kier molecular flexibility index (Phi) is 9.09. The van der Waals surface area contributed by atoms with Gasteiger partial charge in [0.15, 0.2) is 0 Å². The van der Waals surface area contributed by atoms with Crippen molar-refractivity contribution >= 4 is 23.2 Å². The molecular weight excluding hydrogens is 316 g/mol. The average molecular weight is 328 g/mol. The molecule has 0 aliphatic carbocycles. The molecule has 0 saturated carbocycles. The summed E-state index contributed by atoms with van der Waals surface area (Å²) in [6.07, 6.45) is 0. The van der Waals surface area contributed by atoms with Crippen LogP contribution < -0.4 is 0 Å². The Morgan fingerprint density at radius 1 is 0.933 bits per heavy atom. The maximum Gasteiger partial charge on any atom is 0.00233 e. The van der Waals surface area contributed by atoms with E-state index in [1.807, 2.05) is 48.5 Å². The molecule has 0 saturated heterocycles. The predicted octanol–water partition coefficient (Wildman–Crippen LogP) is 4.29. The van der Waals surface area contributed by atoms with Crippen molar-refractivity contribution in [2.75, 3.05) is 0 Å². The van der Waals surface area contributed by atoms with Gasteiger partial charge in [-0.1, -0.05) is 0 Å². The van der Waals surface area contributed by atoms with Crippen LogP contribution in [0.15, 0.2) is 48.5 Å². The number of alkyl halides is 2. The fraction of sp³-hybridized carbons (Fsp3) is 0.167. The molecule has 0 nitrogen and oxygen atoms in total. The Hall–Kier alpha value is -0.0966. The fourth-order valence-corrected chi connectivity index (χ4v) is 1.36. The zero-order valence-corrected chi connectivity index (χ0v) is 11.4. The smallest absolute Gasteiger partial charge is 0.00233 e. The van der Waals surface area contributed by atoms with Gasteiger partial charge in [-0.3, -0.25) is 0 Å². The standard InChI is InChI=1S/2C6H6Cl.Ru/c2*7-5-6-3-1-2-4-6;/h2*1-4H,5H2;/q-5;-1;. The molecule has 0 atom stereocenters. The van der Waals surface area contributed by atoms with Crippen LogP contribution in [0.5, 0.6) is 0 Å². The quantitative estimate of drug-likeness (QED) is 0.438. The molecule has 2 rings (SSSR count). The van der Waals surface area contributed by atoms with E-state index in [2.05, 4.69) is 0 Å². The Bertz CT molecular complexity index is 277. The molecular formula is C12H12Cl2Ru-6. The number of halogens is 2. The monoisotopic (exact) mass is 328 g/mol. The van der Waals surface area contributed by atoms with Crippen molar-refractivity contribution in [3.05, 3.63) is 59.7 Å². The zero-order chi connectivity index (χ0) is 10.2. The molecule has 0 aliphatic rings. The van der Waals surface area contributed by atoms with E-state index in [0.717, 1.165) is 0 Å². The van der Waals surface area contributed by atoms with Gasteiger partial charge >= 0.3 is 0 Å². The van der Waals surface area contributed by atoms with Gasteiger partial charge in [-0.25, -0.2) is 12.1 Å². The van der Waals surface area contributed by atoms with Gasteiger partial charge in [-0.15, -0.1) is 23.0 Å². The topological polar surface area (TPSA) is 0 Å². The van der Waals surface area contributed by atoms with Crippen molar-refractivity contribution in [3.8, 4) is 0 Å². The van der Waals surface area contributed by atoms with E-state index < -0.39 is 0 Å². The van der Waals surface area contributed by atoms with Crippen molar-refractivity contribution in [2.24, 2.45) is 0 Å². The third-order valence-corrected chi connectivity index (χ3v) is 2.39. The summed E-state index contributed by atoms with van der Waals surface area (Å²) in [6.45, 7) is 0. The molecule has 0 heterocycles. The van der Waals surface area contributed by atoms with Crippen LogP contribution >= 0.6 is 23.2 Å². The first-order chi connectivity index (χ1) is 6.86. The van der Waals surface area contributed by atoms with Gasteiger partial charge in [0.05, 0.1) is 0 Å². The summed E-state index contributed by atoms with van der Waals surface area (Å²) in [5.41, 5.74) is 2.39. The van der Waals surface area contributed by atoms with Crippen molar-refractivity contribution < 1.29 is 19.5 Å². The second-order valence-electron chi connectivity index (χ2n) is 2.85. The summed E-state index contributed by atoms with van der Waals surface area (Å²) >= 11 is 10.9. The summed E-state index contributed by atoms with van der Waals surface area (Å²) in [5, 5.41) is 0. The largest absolute Gasteiger partial charge is 0.748 e. The summed E-state index contributed by atoms with van der Waals surface area (Å²) in [7, 11) is 0. The van der Waals surface area contributed by atoms with Gasteiger partial charge in [0.1, 0.15) is 0 Å². The van der Waals surface area contributed by atoms with Crippen LogP contribution in [-0.2, 0) is 31.2 Å². The molecule has 0 N–H and O–H groups in total. The van der Waals surface area contributed by atoms with Crippen LogP contribution in [0.3, 0.4) is 0 Å². The predicted molar refractivity (Wildman–Crippen MR) is 63.2 cm³/mol. The van der Waals surface area contributed by atoms with Crippen LogP contribution in [-0.4, -0.2) is 0 Å². The van der Waals surface area contributed by atoms with Gasteiger partial charge in [0.2, 0.25) is 0 Å². The SMILES string of the molecule is ClC[c-]1[cH-][cH-][cH-][cH-]1.ClC[c-]1cccc1.[Ru]. The van der Waals surface area contributed by atoms with Crippen LogP contribution in [0, 0.1) is 0 Å². The van der Waals surface area contributed by atoms with E-state index in [0.29, 0.717) is 11.8 Å². The minimum atomic E-state index is 0. The normalized spacial score (nSPS) is 8.67. The first-order valence-electron chi connectivity index (χ1n) is 4.40. The van der Waals surface area contributed by atoms with Crippen LogP contribution in [0.2, 0.25) is 0 Å². The van der Waals surface area contributed by atoms with E-state index in [4.69, 9.17) is 23.2 Å². The molecule has 0 bridgehead atoms. The summed E-state index contributed by atoms with van der Waals surface area (Å²) in [4.78, 5) is 0. The number of hydrogen-bond acceptors (Lipinski definition) is 0. The first kappa shape index (κ1) is 14.9. The minimum Gasteiger partial charge on any atom is -0.748 e. The maximum atomic E-state index is 5.47. The number of rotatable bonds is 2. The molecule has 0 amide bonds. The average Bonchev–Trinajstić information content (AvgIpc) is 2.92. The molecule has 3 heteroatoms. The summed E-state index contributed by atoms with van der Waals surface area (Å²) < 4.78 is 0. The van der Waals surface area contributed by atoms with Crippen LogP contribution in [0.1, 0.15) is 11.1 Å². The second kappa shape index (κ2) is 9.15. The Labute approximate surface area is 114 Å². The van der Waals surface area contributed by atoms with Crippen molar-refractivity contribution in [3.63, 3.8) is 0 Å². The molecule has 0 aromatic heterocycles. The van der Waals surface area contributed by atoms with E-state index in [9.17, 15) is 0 Å². The van der Waals surface area contributed by atoms with Crippen LogP contribution in [0.4, 0.5) is 0 Å². The molecule has 0 radical (unpaired) electrons. The van der Waals surface area contributed by atoms with E-state index in [1.165, 1.54) is 11.1 Å². The zero-order valence-electron chi connectivity index (χ0n) is 8.14. The molecule has 15 heavy (non-hydrogen) atoms.